The van der Waals surface area contributed by atoms with Crippen molar-refractivity contribution in [1.29, 1.82) is 0 Å². The van der Waals surface area contributed by atoms with Gasteiger partial charge in [-0.25, -0.2) is 0 Å². The lowest BCUT2D eigenvalue weighted by molar-refractivity contribution is 0.0159. The molecule has 1 aromatic carbocycles. The third-order valence-electron chi connectivity index (χ3n) is 3.54. The maximum Gasteiger partial charge on any atom is 0.257 e. The molecule has 5 heteroatoms. The zero-order chi connectivity index (χ0) is 14.5. The lowest BCUT2D eigenvalue weighted by Gasteiger charge is -2.32. The van der Waals surface area contributed by atoms with Crippen molar-refractivity contribution < 1.29 is 14.6 Å². The molecule has 20 heavy (non-hydrogen) atoms. The van der Waals surface area contributed by atoms with Gasteiger partial charge in [0.1, 0.15) is 5.75 Å². The Kier molecular flexibility index (Phi) is 5.43. The topological polar surface area (TPSA) is 49.8 Å². The van der Waals surface area contributed by atoms with Gasteiger partial charge in [0.2, 0.25) is 0 Å². The summed E-state index contributed by atoms with van der Waals surface area (Å²) in [6.45, 7) is 3.98. The van der Waals surface area contributed by atoms with E-state index >= 15 is 0 Å². The highest BCUT2D eigenvalue weighted by atomic mass is 79.9. The van der Waals surface area contributed by atoms with Crippen LogP contribution in [-0.2, 0) is 4.74 Å². The van der Waals surface area contributed by atoms with Gasteiger partial charge < -0.3 is 14.7 Å². The molecule has 0 spiro atoms. The molecule has 2 rings (SSSR count). The molecular formula is C15H20BrNO3. The maximum atomic E-state index is 12.4. The second kappa shape index (κ2) is 7.09. The number of carbonyl (C=O) groups excluding carboxylic acids is 1. The summed E-state index contributed by atoms with van der Waals surface area (Å²) in [5, 5.41) is 10.7. The zero-order valence-corrected chi connectivity index (χ0v) is 13.2. The molecule has 1 aromatic rings. The van der Waals surface area contributed by atoms with Crippen molar-refractivity contribution in [1.82, 2.24) is 4.90 Å². The predicted octanol–water partition coefficient (Wildman–Crippen LogP) is 2.72. The maximum absolute atomic E-state index is 12.4. The number of aromatic hydroxyl groups is 1. The average Bonchev–Trinajstić information content (AvgIpc) is 2.47. The summed E-state index contributed by atoms with van der Waals surface area (Å²) in [5.41, 5.74) is 1.37. The molecule has 1 saturated heterocycles. The molecule has 1 N–H and O–H groups in total. The smallest absolute Gasteiger partial charge is 0.257 e. The van der Waals surface area contributed by atoms with Crippen LogP contribution in [0.5, 0.6) is 5.75 Å². The van der Waals surface area contributed by atoms with E-state index in [1.54, 1.807) is 23.1 Å². The molecule has 0 bridgehead atoms. The monoisotopic (exact) mass is 341 g/mol. The number of ether oxygens (including phenoxy) is 1. The molecule has 0 unspecified atom stereocenters. The lowest BCUT2D eigenvalue weighted by Crippen LogP contribution is -2.41. The number of hydrogen-bond donors (Lipinski definition) is 1. The molecule has 0 aliphatic carbocycles. The normalized spacial score (nSPS) is 16.4. The van der Waals surface area contributed by atoms with Gasteiger partial charge >= 0.3 is 0 Å². The number of hydrogen-bond acceptors (Lipinski definition) is 3. The van der Waals surface area contributed by atoms with Gasteiger partial charge in [0, 0.05) is 18.4 Å². The summed E-state index contributed by atoms with van der Waals surface area (Å²) < 4.78 is 5.67. The van der Waals surface area contributed by atoms with Crippen molar-refractivity contribution in [2.45, 2.75) is 25.9 Å². The number of alkyl halides is 1. The van der Waals surface area contributed by atoms with Crippen LogP contribution in [0.1, 0.15) is 28.8 Å². The van der Waals surface area contributed by atoms with Crippen LogP contribution >= 0.6 is 15.9 Å². The second-order valence-corrected chi connectivity index (χ2v) is 5.86. The summed E-state index contributed by atoms with van der Waals surface area (Å²) in [6, 6.07) is 5.12. The number of amides is 1. The molecule has 4 nitrogen and oxygen atoms in total. The van der Waals surface area contributed by atoms with Crippen LogP contribution in [-0.4, -0.2) is 47.0 Å². The van der Waals surface area contributed by atoms with E-state index in [9.17, 15) is 9.90 Å². The van der Waals surface area contributed by atoms with Crippen molar-refractivity contribution in [3.05, 3.63) is 29.3 Å². The Labute approximate surface area is 127 Å². The average molecular weight is 342 g/mol. The Hall–Kier alpha value is -1.07. The van der Waals surface area contributed by atoms with E-state index in [1.807, 2.05) is 6.92 Å². The Morgan fingerprint density at radius 3 is 2.80 bits per heavy atom. The molecule has 1 amide bonds. The fourth-order valence-electron chi connectivity index (χ4n) is 2.43. The summed E-state index contributed by atoms with van der Waals surface area (Å²) in [7, 11) is 0. The molecule has 1 heterocycles. The second-order valence-electron chi connectivity index (χ2n) is 5.07. The van der Waals surface area contributed by atoms with Gasteiger partial charge in [-0.2, -0.15) is 0 Å². The highest BCUT2D eigenvalue weighted by Gasteiger charge is 2.25. The molecule has 1 aliphatic heterocycles. The highest BCUT2D eigenvalue weighted by molar-refractivity contribution is 9.09. The number of halogens is 1. The van der Waals surface area contributed by atoms with Crippen molar-refractivity contribution >= 4 is 21.8 Å². The third kappa shape index (κ3) is 3.73. The van der Waals surface area contributed by atoms with E-state index in [0.29, 0.717) is 25.3 Å². The van der Waals surface area contributed by atoms with E-state index in [0.717, 1.165) is 23.7 Å². The lowest BCUT2D eigenvalue weighted by atomic mass is 10.0. The first-order chi connectivity index (χ1) is 9.61. The first-order valence-corrected chi connectivity index (χ1v) is 8.00. The van der Waals surface area contributed by atoms with Crippen LogP contribution in [0.4, 0.5) is 0 Å². The fraction of sp³-hybridized carbons (Fsp3) is 0.533. The van der Waals surface area contributed by atoms with Crippen LogP contribution in [0.2, 0.25) is 0 Å². The first-order valence-electron chi connectivity index (χ1n) is 6.88. The summed E-state index contributed by atoms with van der Waals surface area (Å²) in [4.78, 5) is 14.2. The Morgan fingerprint density at radius 2 is 2.15 bits per heavy atom. The fourth-order valence-corrected chi connectivity index (χ4v) is 2.62. The number of piperidine rings is 1. The molecule has 0 aromatic heterocycles. The van der Waals surface area contributed by atoms with Gasteiger partial charge in [-0.15, -0.1) is 0 Å². The number of rotatable bonds is 4. The summed E-state index contributed by atoms with van der Waals surface area (Å²) in [6.07, 6.45) is 1.94. The van der Waals surface area contributed by atoms with Crippen molar-refractivity contribution in [2.24, 2.45) is 0 Å². The molecule has 1 fully saturated rings. The van der Waals surface area contributed by atoms with Crippen LogP contribution in [0.15, 0.2) is 18.2 Å². The van der Waals surface area contributed by atoms with E-state index < -0.39 is 0 Å². The van der Waals surface area contributed by atoms with E-state index in [4.69, 9.17) is 4.74 Å². The van der Waals surface area contributed by atoms with Crippen molar-refractivity contribution in [3.63, 3.8) is 0 Å². The van der Waals surface area contributed by atoms with Crippen molar-refractivity contribution in [3.8, 4) is 5.75 Å². The Morgan fingerprint density at radius 1 is 1.45 bits per heavy atom. The van der Waals surface area contributed by atoms with E-state index in [2.05, 4.69) is 15.9 Å². The van der Waals surface area contributed by atoms with E-state index in [-0.39, 0.29) is 17.8 Å². The molecule has 110 valence electrons. The summed E-state index contributed by atoms with van der Waals surface area (Å²) >= 11 is 3.34. The minimum atomic E-state index is -0.0925. The van der Waals surface area contributed by atoms with Crippen LogP contribution in [0.25, 0.3) is 0 Å². The SMILES string of the molecule is Cc1ccc(O)c(C(=O)N2CCC(OCCBr)CC2)c1. The minimum absolute atomic E-state index is 0.0539. The molecule has 1 aliphatic rings. The predicted molar refractivity (Wildman–Crippen MR) is 81.5 cm³/mol. The molecular weight excluding hydrogens is 322 g/mol. The quantitative estimate of drug-likeness (QED) is 0.856. The number of nitrogens with zero attached hydrogens (tertiary/aromatic N) is 1. The van der Waals surface area contributed by atoms with Crippen molar-refractivity contribution in [2.75, 3.05) is 25.0 Å². The number of phenols is 1. The van der Waals surface area contributed by atoms with Gasteiger partial charge in [0.25, 0.3) is 5.91 Å². The third-order valence-corrected chi connectivity index (χ3v) is 3.87. The Balaban J connectivity index is 1.96. The first kappa shape index (κ1) is 15.3. The highest BCUT2D eigenvalue weighted by Crippen LogP contribution is 2.22. The zero-order valence-electron chi connectivity index (χ0n) is 11.6. The minimum Gasteiger partial charge on any atom is -0.507 e. The van der Waals surface area contributed by atoms with Crippen LogP contribution in [0.3, 0.4) is 0 Å². The van der Waals surface area contributed by atoms with Gasteiger partial charge in [0.05, 0.1) is 18.3 Å². The number of likely N-dealkylation sites (tertiary alicyclic amines) is 1. The standard InChI is InChI=1S/C15H20BrNO3/c1-11-2-3-14(18)13(10-11)15(19)17-7-4-12(5-8-17)20-9-6-16/h2-3,10,12,18H,4-9H2,1H3. The van der Waals surface area contributed by atoms with Crippen LogP contribution in [0, 0.1) is 6.92 Å². The van der Waals surface area contributed by atoms with Gasteiger partial charge in [0.15, 0.2) is 0 Å². The number of carbonyl (C=O) groups is 1. The van der Waals surface area contributed by atoms with Gasteiger partial charge in [-0.05, 0) is 31.9 Å². The number of aryl methyl sites for hydroxylation is 1. The van der Waals surface area contributed by atoms with Gasteiger partial charge in [-0.3, -0.25) is 4.79 Å². The van der Waals surface area contributed by atoms with Gasteiger partial charge in [-0.1, -0.05) is 27.6 Å². The molecule has 0 saturated carbocycles. The van der Waals surface area contributed by atoms with E-state index in [1.165, 1.54) is 0 Å². The molecule has 0 atom stereocenters. The molecule has 0 radical (unpaired) electrons. The summed E-state index contributed by atoms with van der Waals surface area (Å²) in [5.74, 6) is -0.0385. The number of phenolic OH excluding ortho intramolecular Hbond substituents is 1. The Bertz CT molecular complexity index is 470. The number of benzene rings is 1. The van der Waals surface area contributed by atoms with Crippen LogP contribution < -0.4 is 0 Å². The largest absolute Gasteiger partial charge is 0.507 e.